The van der Waals surface area contributed by atoms with Crippen molar-refractivity contribution in [3.63, 3.8) is 0 Å². The number of carbonyl (C=O) groups excluding carboxylic acids is 2. The Morgan fingerprint density at radius 3 is 1.88 bits per heavy atom. The summed E-state index contributed by atoms with van der Waals surface area (Å²) >= 11 is 5.67. The highest BCUT2D eigenvalue weighted by Crippen LogP contribution is 1.99. The molecule has 0 aliphatic rings. The minimum absolute atomic E-state index is 0.107. The highest BCUT2D eigenvalue weighted by atomic mass is 32.2. The molecule has 0 heterocycles. The first kappa shape index (κ1) is 19.0. The maximum atomic E-state index is 10.5. The SMILES string of the molecule is COC(=O)CCCS.COC(=O)CCCSC. The van der Waals surface area contributed by atoms with Gasteiger partial charge in [-0.25, -0.2) is 0 Å². The van der Waals surface area contributed by atoms with E-state index >= 15 is 0 Å². The molecule has 0 atom stereocenters. The van der Waals surface area contributed by atoms with Gasteiger partial charge in [-0.05, 0) is 30.6 Å². The summed E-state index contributed by atoms with van der Waals surface area (Å²) in [6.45, 7) is 0. The van der Waals surface area contributed by atoms with Crippen molar-refractivity contribution in [2.24, 2.45) is 0 Å². The normalized spacial score (nSPS) is 8.94. The van der Waals surface area contributed by atoms with E-state index in [0.717, 1.165) is 24.3 Å². The Balaban J connectivity index is 0. The number of esters is 2. The molecule has 17 heavy (non-hydrogen) atoms. The molecule has 0 rings (SSSR count). The van der Waals surface area contributed by atoms with Gasteiger partial charge in [0.2, 0.25) is 0 Å². The summed E-state index contributed by atoms with van der Waals surface area (Å²) < 4.78 is 8.83. The van der Waals surface area contributed by atoms with Gasteiger partial charge >= 0.3 is 11.9 Å². The Kier molecular flexibility index (Phi) is 17.5. The number of carbonyl (C=O) groups is 2. The first-order valence-electron chi connectivity index (χ1n) is 5.35. The molecule has 0 saturated heterocycles. The quantitative estimate of drug-likeness (QED) is 0.440. The molecule has 0 aromatic heterocycles. The van der Waals surface area contributed by atoms with Crippen LogP contribution in [0.3, 0.4) is 0 Å². The molecule has 0 spiro atoms. The van der Waals surface area contributed by atoms with Crippen molar-refractivity contribution < 1.29 is 19.1 Å². The molecule has 102 valence electrons. The molecule has 0 amide bonds. The molecule has 6 heteroatoms. The lowest BCUT2D eigenvalue weighted by molar-refractivity contribution is -0.141. The van der Waals surface area contributed by atoms with Crippen molar-refractivity contribution >= 4 is 36.3 Å². The Bertz CT molecular complexity index is 198. The van der Waals surface area contributed by atoms with E-state index in [1.54, 1.807) is 11.8 Å². The number of hydrogen-bond acceptors (Lipinski definition) is 6. The van der Waals surface area contributed by atoms with Crippen LogP contribution in [0.5, 0.6) is 0 Å². The minimum Gasteiger partial charge on any atom is -0.469 e. The Morgan fingerprint density at radius 1 is 1.06 bits per heavy atom. The maximum absolute atomic E-state index is 10.5. The van der Waals surface area contributed by atoms with Gasteiger partial charge in [0.05, 0.1) is 14.2 Å². The number of hydrogen-bond donors (Lipinski definition) is 1. The number of ether oxygens (including phenoxy) is 2. The van der Waals surface area contributed by atoms with Crippen LogP contribution in [0, 0.1) is 0 Å². The highest BCUT2D eigenvalue weighted by molar-refractivity contribution is 7.98. The first-order valence-corrected chi connectivity index (χ1v) is 7.38. The van der Waals surface area contributed by atoms with Crippen LogP contribution in [-0.4, -0.2) is 43.9 Å². The molecule has 0 aliphatic heterocycles. The van der Waals surface area contributed by atoms with Crippen LogP contribution in [0.25, 0.3) is 0 Å². The van der Waals surface area contributed by atoms with E-state index in [2.05, 4.69) is 22.1 Å². The fourth-order valence-corrected chi connectivity index (χ4v) is 1.38. The Morgan fingerprint density at radius 2 is 1.53 bits per heavy atom. The molecule has 0 aromatic carbocycles. The van der Waals surface area contributed by atoms with Crippen LogP contribution in [-0.2, 0) is 19.1 Å². The number of rotatable bonds is 7. The van der Waals surface area contributed by atoms with Crippen molar-refractivity contribution in [2.75, 3.05) is 32.0 Å². The highest BCUT2D eigenvalue weighted by Gasteiger charge is 1.97. The smallest absolute Gasteiger partial charge is 0.305 e. The van der Waals surface area contributed by atoms with Gasteiger partial charge in [-0.1, -0.05) is 0 Å². The summed E-state index contributed by atoms with van der Waals surface area (Å²) in [4.78, 5) is 20.8. The van der Waals surface area contributed by atoms with Gasteiger partial charge in [0.25, 0.3) is 0 Å². The molecule has 0 bridgehead atoms. The summed E-state index contributed by atoms with van der Waals surface area (Å²) in [5.74, 6) is 1.52. The molecular weight excluding hydrogens is 260 g/mol. The van der Waals surface area contributed by atoms with Crippen LogP contribution in [0.4, 0.5) is 0 Å². The Hall–Kier alpha value is -0.360. The molecule has 0 radical (unpaired) electrons. The summed E-state index contributed by atoms with van der Waals surface area (Å²) in [7, 11) is 2.81. The summed E-state index contributed by atoms with van der Waals surface area (Å²) in [5, 5.41) is 0. The fourth-order valence-electron chi connectivity index (χ4n) is 0.788. The van der Waals surface area contributed by atoms with E-state index in [9.17, 15) is 9.59 Å². The molecule has 0 fully saturated rings. The molecule has 0 unspecified atom stereocenters. The number of thioether (sulfide) groups is 1. The van der Waals surface area contributed by atoms with E-state index in [0.29, 0.717) is 12.8 Å². The van der Waals surface area contributed by atoms with Gasteiger partial charge in [0, 0.05) is 12.8 Å². The summed E-state index contributed by atoms with van der Waals surface area (Å²) in [6, 6.07) is 0. The topological polar surface area (TPSA) is 52.6 Å². The van der Waals surface area contributed by atoms with Gasteiger partial charge < -0.3 is 9.47 Å². The second-order valence-electron chi connectivity index (χ2n) is 3.08. The van der Waals surface area contributed by atoms with Gasteiger partial charge in [-0.15, -0.1) is 0 Å². The first-order chi connectivity index (χ1) is 8.12. The standard InChI is InChI=1S/C6H12O2S.C5H10O2S/c1-8-6(7)4-3-5-9-2;1-7-5(6)3-2-4-8/h3-5H2,1-2H3;8H,2-4H2,1H3. The van der Waals surface area contributed by atoms with Crippen molar-refractivity contribution in [3.8, 4) is 0 Å². The monoisotopic (exact) mass is 282 g/mol. The average Bonchev–Trinajstić information content (AvgIpc) is 2.36. The molecule has 0 aliphatic carbocycles. The van der Waals surface area contributed by atoms with Gasteiger partial charge in [0.15, 0.2) is 0 Å². The van der Waals surface area contributed by atoms with Crippen LogP contribution in [0.15, 0.2) is 0 Å². The lowest BCUT2D eigenvalue weighted by atomic mass is 10.3. The van der Waals surface area contributed by atoms with Crippen LogP contribution < -0.4 is 0 Å². The van der Waals surface area contributed by atoms with E-state index < -0.39 is 0 Å². The van der Waals surface area contributed by atoms with Crippen molar-refractivity contribution in [3.05, 3.63) is 0 Å². The van der Waals surface area contributed by atoms with E-state index in [1.807, 2.05) is 6.26 Å². The van der Waals surface area contributed by atoms with Crippen molar-refractivity contribution in [1.29, 1.82) is 0 Å². The second kappa shape index (κ2) is 15.6. The zero-order valence-electron chi connectivity index (χ0n) is 10.7. The zero-order valence-corrected chi connectivity index (χ0v) is 12.4. The number of thiol groups is 1. The van der Waals surface area contributed by atoms with E-state index in [1.165, 1.54) is 14.2 Å². The predicted molar refractivity (Wildman–Crippen MR) is 74.7 cm³/mol. The van der Waals surface area contributed by atoms with Gasteiger partial charge in [-0.3, -0.25) is 9.59 Å². The average molecular weight is 282 g/mol. The second-order valence-corrected chi connectivity index (χ2v) is 4.51. The Labute approximate surface area is 113 Å². The van der Waals surface area contributed by atoms with Gasteiger partial charge in [-0.2, -0.15) is 24.4 Å². The lowest BCUT2D eigenvalue weighted by Gasteiger charge is -1.95. The summed E-state index contributed by atoms with van der Waals surface area (Å²) in [6.07, 6.45) is 4.79. The third-order valence-corrected chi connectivity index (χ3v) is 2.74. The zero-order chi connectivity index (χ0) is 13.5. The third kappa shape index (κ3) is 18.2. The van der Waals surface area contributed by atoms with Crippen molar-refractivity contribution in [2.45, 2.75) is 25.7 Å². The summed E-state index contributed by atoms with van der Waals surface area (Å²) in [5.41, 5.74) is 0. The molecule has 0 saturated carbocycles. The third-order valence-electron chi connectivity index (χ3n) is 1.72. The molecule has 4 nitrogen and oxygen atoms in total. The predicted octanol–water partition coefficient (Wildman–Crippen LogP) is 2.17. The van der Waals surface area contributed by atoms with E-state index in [4.69, 9.17) is 0 Å². The fraction of sp³-hybridized carbons (Fsp3) is 0.818. The van der Waals surface area contributed by atoms with Crippen LogP contribution in [0.2, 0.25) is 0 Å². The van der Waals surface area contributed by atoms with Crippen LogP contribution >= 0.6 is 24.4 Å². The molecule has 0 aromatic rings. The lowest BCUT2D eigenvalue weighted by Crippen LogP contribution is -1.99. The molecular formula is C11H22O4S2. The van der Waals surface area contributed by atoms with Crippen LogP contribution in [0.1, 0.15) is 25.7 Å². The molecule has 0 N–H and O–H groups in total. The number of methoxy groups -OCH3 is 2. The largest absolute Gasteiger partial charge is 0.469 e. The van der Waals surface area contributed by atoms with Gasteiger partial charge in [0.1, 0.15) is 0 Å². The van der Waals surface area contributed by atoms with E-state index in [-0.39, 0.29) is 11.9 Å². The van der Waals surface area contributed by atoms with Crippen molar-refractivity contribution in [1.82, 2.24) is 0 Å². The maximum Gasteiger partial charge on any atom is 0.305 e. The minimum atomic E-state index is -0.154.